The average Bonchev–Trinajstić information content (AvgIpc) is 4.15. The van der Waals surface area contributed by atoms with E-state index in [1.54, 1.807) is 24.3 Å². The Bertz CT molecular complexity index is 2560. The van der Waals surface area contributed by atoms with Gasteiger partial charge in [0.25, 0.3) is 0 Å². The summed E-state index contributed by atoms with van der Waals surface area (Å²) < 4.78 is 172. The molecule has 6 aliphatic rings. The van der Waals surface area contributed by atoms with Crippen molar-refractivity contribution in [3.05, 3.63) is 128 Å². The number of fused-ring (bicyclic) bond motifs is 6. The molecule has 0 aliphatic heterocycles. The van der Waals surface area contributed by atoms with Crippen LogP contribution in [0.1, 0.15) is 142 Å². The predicted molar refractivity (Wildman–Crippen MR) is 252 cm³/mol. The summed E-state index contributed by atoms with van der Waals surface area (Å²) in [5, 5.41) is 0. The molecule has 10 rings (SSSR count). The summed E-state index contributed by atoms with van der Waals surface area (Å²) in [4.78, 5) is 0. The van der Waals surface area contributed by atoms with E-state index in [1.807, 2.05) is 31.2 Å². The van der Waals surface area contributed by atoms with Crippen molar-refractivity contribution >= 4 is 35.1 Å². The van der Waals surface area contributed by atoms with E-state index in [0.29, 0.717) is 53.0 Å². The van der Waals surface area contributed by atoms with E-state index < -0.39 is 75.7 Å². The van der Waals surface area contributed by atoms with E-state index in [2.05, 4.69) is 6.55 Å². The standard InChI is InChI=1S/2C25H21F6.C4H11Si.2ClH.Zr/c2*26-24(27,28)19-10-18(11-20(12-19)25(29,30)31)21-3-1-2-17-8-16(9-22(17)21)14-23-6-4-15(13-23)5-7-23;1-3-4-5-2;;;/h2*1-3,8-12,15H,4-7,13-14H2;5H,3-4H2,1-2H3;2*1H;/q;;;;;+2/p-2. The second kappa shape index (κ2) is 17.1. The predicted octanol–water partition coefficient (Wildman–Crippen LogP) is 19.4. The summed E-state index contributed by atoms with van der Waals surface area (Å²) in [6.45, 7) is 4.23. The van der Waals surface area contributed by atoms with E-state index in [-0.39, 0.29) is 45.2 Å². The van der Waals surface area contributed by atoms with Crippen LogP contribution in [0.2, 0.25) is 12.6 Å². The molecule has 4 bridgehead atoms. The summed E-state index contributed by atoms with van der Waals surface area (Å²) >= 11 is -6.00. The fourth-order valence-corrected chi connectivity index (χ4v) is 55.8. The summed E-state index contributed by atoms with van der Waals surface area (Å²) in [5.41, 5.74) is -1.95. The van der Waals surface area contributed by atoms with Gasteiger partial charge in [-0.25, -0.2) is 0 Å². The monoisotopic (exact) mass is 1120 g/mol. The van der Waals surface area contributed by atoms with Crippen molar-refractivity contribution in [3.63, 3.8) is 0 Å². The Morgan fingerprint density at radius 1 is 0.543 bits per heavy atom. The van der Waals surface area contributed by atoms with Gasteiger partial charge < -0.3 is 0 Å². The van der Waals surface area contributed by atoms with Crippen LogP contribution >= 0.6 is 17.0 Å². The summed E-state index contributed by atoms with van der Waals surface area (Å²) in [7, 11) is 18.1. The van der Waals surface area contributed by atoms with Crippen molar-refractivity contribution < 1.29 is 68.2 Å². The molecule has 0 heterocycles. The Morgan fingerprint density at radius 2 is 0.886 bits per heavy atom. The molecule has 16 heteroatoms. The first-order valence-corrected chi connectivity index (χ1v) is 40.4. The van der Waals surface area contributed by atoms with Gasteiger partial charge in [0.2, 0.25) is 0 Å². The number of halogens is 14. The number of hydrogen-bond donors (Lipinski definition) is 0. The molecular formula is C54H53Cl2F12SiZr. The van der Waals surface area contributed by atoms with Crippen molar-refractivity contribution in [2.75, 3.05) is 0 Å². The van der Waals surface area contributed by atoms with Crippen molar-refractivity contribution in [1.82, 2.24) is 0 Å². The molecule has 0 saturated heterocycles. The van der Waals surface area contributed by atoms with E-state index in [9.17, 15) is 52.7 Å². The van der Waals surface area contributed by atoms with Gasteiger partial charge in [-0.1, -0.05) is 0 Å². The molecule has 6 aliphatic carbocycles. The van der Waals surface area contributed by atoms with Gasteiger partial charge in [0.05, 0.1) is 0 Å². The van der Waals surface area contributed by atoms with Crippen LogP contribution in [-0.2, 0) is 40.3 Å². The van der Waals surface area contributed by atoms with Crippen molar-refractivity contribution in [2.45, 2.75) is 135 Å². The maximum absolute atomic E-state index is 14.4. The summed E-state index contributed by atoms with van der Waals surface area (Å²) in [6.07, 6.45) is -4.60. The third-order valence-electron chi connectivity index (χ3n) is 17.8. The zero-order chi connectivity index (χ0) is 50.2. The molecule has 0 aromatic heterocycles. The Hall–Kier alpha value is -2.80. The second-order valence-corrected chi connectivity index (χ2v) is 63.4. The van der Waals surface area contributed by atoms with E-state index in [1.165, 1.54) is 0 Å². The third kappa shape index (κ3) is 8.66. The van der Waals surface area contributed by atoms with E-state index in [0.717, 1.165) is 106 Å². The number of allylic oxidation sites excluding steroid dienone is 2. The topological polar surface area (TPSA) is 0 Å². The fraction of sp³-hybridized carbons (Fsp3) is 0.481. The quantitative estimate of drug-likeness (QED) is 0.104. The number of alkyl halides is 12. The summed E-state index contributed by atoms with van der Waals surface area (Å²) in [5.74, 6) is -1.35. The van der Waals surface area contributed by atoms with Crippen LogP contribution in [0.5, 0.6) is 0 Å². The first-order valence-electron chi connectivity index (χ1n) is 24.5. The van der Waals surface area contributed by atoms with Gasteiger partial charge in [0.15, 0.2) is 0 Å². The first kappa shape index (κ1) is 50.7. The Morgan fingerprint density at radius 3 is 1.17 bits per heavy atom. The van der Waals surface area contributed by atoms with Crippen LogP contribution < -0.4 is 0 Å². The average molecular weight is 1120 g/mol. The zero-order valence-electron chi connectivity index (χ0n) is 38.7. The Kier molecular flexibility index (Phi) is 12.4. The zero-order valence-corrected chi connectivity index (χ0v) is 43.8. The molecule has 70 heavy (non-hydrogen) atoms. The molecule has 4 fully saturated rings. The Balaban J connectivity index is 1.23. The number of hydrogen-bond acceptors (Lipinski definition) is 0. The molecule has 375 valence electrons. The molecule has 0 N–H and O–H groups in total. The van der Waals surface area contributed by atoms with Crippen molar-refractivity contribution in [3.8, 4) is 22.3 Å². The molecule has 3 atom stereocenters. The van der Waals surface area contributed by atoms with Gasteiger partial charge in [0.1, 0.15) is 0 Å². The van der Waals surface area contributed by atoms with E-state index >= 15 is 0 Å². The molecule has 4 aromatic rings. The van der Waals surface area contributed by atoms with Gasteiger partial charge in [-0.3, -0.25) is 0 Å². The van der Waals surface area contributed by atoms with E-state index in [4.69, 9.17) is 17.0 Å². The normalized spacial score (nSPS) is 27.3. The minimum absolute atomic E-state index is 0.107. The Labute approximate surface area is 409 Å². The van der Waals surface area contributed by atoms with Crippen LogP contribution in [0.15, 0.2) is 83.9 Å². The van der Waals surface area contributed by atoms with Gasteiger partial charge in [-0.15, -0.1) is 0 Å². The molecule has 0 spiro atoms. The fourth-order valence-electron chi connectivity index (χ4n) is 14.7. The van der Waals surface area contributed by atoms with Gasteiger partial charge in [0, 0.05) is 0 Å². The van der Waals surface area contributed by atoms with Gasteiger partial charge >= 0.3 is 412 Å². The molecule has 0 nitrogen and oxygen atoms in total. The molecule has 0 amide bonds. The van der Waals surface area contributed by atoms with Crippen molar-refractivity contribution in [1.29, 1.82) is 0 Å². The van der Waals surface area contributed by atoms with Gasteiger partial charge in [-0.05, 0) is 0 Å². The van der Waals surface area contributed by atoms with Crippen LogP contribution in [0.3, 0.4) is 0 Å². The van der Waals surface area contributed by atoms with Crippen molar-refractivity contribution in [2.24, 2.45) is 22.7 Å². The van der Waals surface area contributed by atoms with Crippen LogP contribution in [0.4, 0.5) is 52.7 Å². The molecular weight excluding hydrogens is 1070 g/mol. The van der Waals surface area contributed by atoms with Gasteiger partial charge in [-0.2, -0.15) is 0 Å². The maximum atomic E-state index is 14.4. The molecule has 0 radical (unpaired) electrons. The second-order valence-electron chi connectivity index (χ2n) is 22.1. The minimum atomic E-state index is -6.00. The van der Waals surface area contributed by atoms with Crippen LogP contribution in [-0.4, -0.2) is 5.92 Å². The van der Waals surface area contributed by atoms with Crippen LogP contribution in [0, 0.1) is 22.7 Å². The first-order chi connectivity index (χ1) is 32.6. The molecule has 3 unspecified atom stereocenters. The SMILES string of the molecule is CCC[SiH](C)[Zr]([Cl])([Cl])([CH]1C(CC23CCC(CC2)C3)=Cc2c(-c3cc(C(F)(F)F)cc(C(F)(F)F)c3)cccc21)[CH]1C(CC23CCC(CC2)C3)=Cc2c(-c3cc(C(F)(F)F)cc(C(F)(F)F)c3)cccc21. The number of rotatable bonds is 11. The molecule has 4 aromatic carbocycles. The van der Waals surface area contributed by atoms with Crippen LogP contribution in [0.25, 0.3) is 34.4 Å². The number of benzene rings is 4. The molecule has 4 saturated carbocycles. The third-order valence-corrected chi connectivity index (χ3v) is 68.2. The summed E-state index contributed by atoms with van der Waals surface area (Å²) in [6, 6.07) is 14.1.